The summed E-state index contributed by atoms with van der Waals surface area (Å²) in [6.45, 7) is 3.40. The molecule has 1 heterocycles. The maximum atomic E-state index is 11.4. The number of hydrogen-bond donors (Lipinski definition) is 1. The fourth-order valence-corrected chi connectivity index (χ4v) is 2.43. The number of hydrogen-bond acceptors (Lipinski definition) is 3. The molecule has 0 aromatic heterocycles. The Bertz CT molecular complexity index is 225. The van der Waals surface area contributed by atoms with E-state index in [4.69, 9.17) is 0 Å². The van der Waals surface area contributed by atoms with Crippen LogP contribution in [-0.2, 0) is 4.79 Å². The monoisotopic (exact) mass is 183 g/mol. The summed E-state index contributed by atoms with van der Waals surface area (Å²) in [5.74, 6) is 0.373. The van der Waals surface area contributed by atoms with E-state index in [0.717, 1.165) is 32.2 Å². The van der Waals surface area contributed by atoms with Gasteiger partial charge in [0.2, 0.25) is 0 Å². The van der Waals surface area contributed by atoms with E-state index < -0.39 is 5.60 Å². The van der Waals surface area contributed by atoms with Crippen molar-refractivity contribution in [2.75, 3.05) is 13.1 Å². The maximum Gasteiger partial charge on any atom is 0.149 e. The van der Waals surface area contributed by atoms with Gasteiger partial charge >= 0.3 is 0 Å². The minimum absolute atomic E-state index is 0.119. The number of likely N-dealkylation sites (tertiary alicyclic amines) is 1. The first kappa shape index (κ1) is 9.16. The Hall–Kier alpha value is -0.410. The Morgan fingerprint density at radius 1 is 1.62 bits per heavy atom. The number of carbonyl (C=O) groups is 1. The molecule has 1 saturated carbocycles. The second kappa shape index (κ2) is 3.07. The van der Waals surface area contributed by atoms with Crippen molar-refractivity contribution >= 4 is 5.78 Å². The first-order valence-electron chi connectivity index (χ1n) is 5.08. The molecule has 0 amide bonds. The van der Waals surface area contributed by atoms with Crippen molar-refractivity contribution in [2.45, 2.75) is 44.2 Å². The van der Waals surface area contributed by atoms with Crippen LogP contribution >= 0.6 is 0 Å². The topological polar surface area (TPSA) is 40.5 Å². The van der Waals surface area contributed by atoms with E-state index in [1.54, 1.807) is 0 Å². The molecule has 0 aromatic rings. The standard InChI is InChI=1S/C10H17NO2/c1-10(13)5-6-11(7-10)8-3-2-4-9(8)12/h8,13H,2-7H2,1H3. The smallest absolute Gasteiger partial charge is 0.149 e. The lowest BCUT2D eigenvalue weighted by Gasteiger charge is -2.23. The highest BCUT2D eigenvalue weighted by Crippen LogP contribution is 2.28. The summed E-state index contributed by atoms with van der Waals surface area (Å²) in [7, 11) is 0. The van der Waals surface area contributed by atoms with E-state index >= 15 is 0 Å². The molecule has 0 aromatic carbocycles. The SMILES string of the molecule is CC1(O)CCN(C2CCCC2=O)C1. The number of nitrogens with zero attached hydrogens (tertiary/aromatic N) is 1. The molecular weight excluding hydrogens is 166 g/mol. The minimum atomic E-state index is -0.567. The lowest BCUT2D eigenvalue weighted by molar-refractivity contribution is -0.121. The lowest BCUT2D eigenvalue weighted by atomic mass is 10.1. The molecule has 74 valence electrons. The highest BCUT2D eigenvalue weighted by atomic mass is 16.3. The van der Waals surface area contributed by atoms with Gasteiger partial charge in [0, 0.05) is 19.5 Å². The Morgan fingerprint density at radius 3 is 2.85 bits per heavy atom. The van der Waals surface area contributed by atoms with Crippen LogP contribution in [0.3, 0.4) is 0 Å². The number of carbonyl (C=O) groups excluding carboxylic acids is 1. The highest BCUT2D eigenvalue weighted by molar-refractivity contribution is 5.85. The van der Waals surface area contributed by atoms with Gasteiger partial charge in [0.1, 0.15) is 5.78 Å². The summed E-state index contributed by atoms with van der Waals surface area (Å²) < 4.78 is 0. The summed E-state index contributed by atoms with van der Waals surface area (Å²) in [5, 5.41) is 9.76. The zero-order chi connectivity index (χ0) is 9.47. The molecule has 0 radical (unpaired) electrons. The summed E-state index contributed by atoms with van der Waals surface area (Å²) in [6, 6.07) is 0.119. The predicted molar refractivity (Wildman–Crippen MR) is 49.5 cm³/mol. The number of ketones is 1. The molecule has 0 spiro atoms. The van der Waals surface area contributed by atoms with E-state index in [1.165, 1.54) is 0 Å². The fourth-order valence-electron chi connectivity index (χ4n) is 2.43. The van der Waals surface area contributed by atoms with Crippen LogP contribution in [0.2, 0.25) is 0 Å². The summed E-state index contributed by atoms with van der Waals surface area (Å²) >= 11 is 0. The third kappa shape index (κ3) is 1.76. The first-order valence-corrected chi connectivity index (χ1v) is 5.08. The van der Waals surface area contributed by atoms with E-state index in [-0.39, 0.29) is 6.04 Å². The Kier molecular flexibility index (Phi) is 2.16. The zero-order valence-electron chi connectivity index (χ0n) is 8.12. The van der Waals surface area contributed by atoms with Crippen molar-refractivity contribution in [1.29, 1.82) is 0 Å². The number of β-amino-alcohol motifs (C(OH)–C–C–N with tert-alkyl or cyclic N) is 1. The molecule has 2 aliphatic rings. The quantitative estimate of drug-likeness (QED) is 0.646. The third-order valence-electron chi connectivity index (χ3n) is 3.19. The molecule has 2 unspecified atom stereocenters. The highest BCUT2D eigenvalue weighted by Gasteiger charge is 2.38. The van der Waals surface area contributed by atoms with Crippen LogP contribution in [0.15, 0.2) is 0 Å². The molecular formula is C10H17NO2. The number of Topliss-reactive ketones (excluding diaryl/α,β-unsaturated/α-hetero) is 1. The van der Waals surface area contributed by atoms with Gasteiger partial charge in [-0.1, -0.05) is 0 Å². The molecule has 0 bridgehead atoms. The Morgan fingerprint density at radius 2 is 2.38 bits per heavy atom. The van der Waals surface area contributed by atoms with E-state index in [0.29, 0.717) is 12.3 Å². The number of aliphatic hydroxyl groups is 1. The molecule has 2 fully saturated rings. The van der Waals surface area contributed by atoms with Gasteiger partial charge in [-0.3, -0.25) is 9.69 Å². The third-order valence-corrected chi connectivity index (χ3v) is 3.19. The van der Waals surface area contributed by atoms with Gasteiger partial charge in [0.15, 0.2) is 0 Å². The molecule has 3 heteroatoms. The van der Waals surface area contributed by atoms with Gasteiger partial charge in [-0.25, -0.2) is 0 Å². The molecule has 1 aliphatic carbocycles. The van der Waals surface area contributed by atoms with Crippen LogP contribution in [0, 0.1) is 0 Å². The summed E-state index contributed by atoms with van der Waals surface area (Å²) in [4.78, 5) is 13.6. The molecule has 3 nitrogen and oxygen atoms in total. The van der Waals surface area contributed by atoms with Gasteiger partial charge < -0.3 is 5.11 Å². The molecule has 2 atom stereocenters. The van der Waals surface area contributed by atoms with E-state index in [2.05, 4.69) is 4.90 Å². The van der Waals surface area contributed by atoms with Crippen LogP contribution in [0.5, 0.6) is 0 Å². The van der Waals surface area contributed by atoms with Crippen molar-refractivity contribution in [3.8, 4) is 0 Å². The number of rotatable bonds is 1. The second-order valence-corrected chi connectivity index (χ2v) is 4.59. The van der Waals surface area contributed by atoms with Crippen LogP contribution in [0.25, 0.3) is 0 Å². The van der Waals surface area contributed by atoms with Crippen molar-refractivity contribution in [3.05, 3.63) is 0 Å². The minimum Gasteiger partial charge on any atom is -0.389 e. The van der Waals surface area contributed by atoms with Gasteiger partial charge in [-0.15, -0.1) is 0 Å². The molecule has 1 aliphatic heterocycles. The van der Waals surface area contributed by atoms with Crippen molar-refractivity contribution < 1.29 is 9.90 Å². The normalized spacial score (nSPS) is 41.7. The van der Waals surface area contributed by atoms with Crippen LogP contribution in [0.1, 0.15) is 32.6 Å². The average Bonchev–Trinajstić information content (AvgIpc) is 2.56. The lowest BCUT2D eigenvalue weighted by Crippen LogP contribution is -2.39. The molecule has 2 rings (SSSR count). The summed E-state index contributed by atoms with van der Waals surface area (Å²) in [6.07, 6.45) is 3.57. The Balaban J connectivity index is 1.99. The average molecular weight is 183 g/mol. The van der Waals surface area contributed by atoms with Crippen LogP contribution < -0.4 is 0 Å². The molecule has 1 saturated heterocycles. The summed E-state index contributed by atoms with van der Waals surface area (Å²) in [5.41, 5.74) is -0.567. The van der Waals surface area contributed by atoms with Gasteiger partial charge in [0.25, 0.3) is 0 Å². The maximum absolute atomic E-state index is 11.4. The molecule has 1 N–H and O–H groups in total. The molecule has 13 heavy (non-hydrogen) atoms. The fraction of sp³-hybridized carbons (Fsp3) is 0.900. The van der Waals surface area contributed by atoms with Gasteiger partial charge in [-0.05, 0) is 26.2 Å². The van der Waals surface area contributed by atoms with Gasteiger partial charge in [0.05, 0.1) is 11.6 Å². The van der Waals surface area contributed by atoms with E-state index in [9.17, 15) is 9.90 Å². The van der Waals surface area contributed by atoms with Crippen molar-refractivity contribution in [3.63, 3.8) is 0 Å². The van der Waals surface area contributed by atoms with Crippen LogP contribution in [0.4, 0.5) is 0 Å². The zero-order valence-corrected chi connectivity index (χ0v) is 8.12. The van der Waals surface area contributed by atoms with Crippen LogP contribution in [-0.4, -0.2) is 40.5 Å². The second-order valence-electron chi connectivity index (χ2n) is 4.59. The Labute approximate surface area is 78.7 Å². The largest absolute Gasteiger partial charge is 0.389 e. The first-order chi connectivity index (χ1) is 6.08. The van der Waals surface area contributed by atoms with Gasteiger partial charge in [-0.2, -0.15) is 0 Å². The predicted octanol–water partition coefficient (Wildman–Crippen LogP) is 0.565. The van der Waals surface area contributed by atoms with Crippen molar-refractivity contribution in [1.82, 2.24) is 4.90 Å². The van der Waals surface area contributed by atoms with E-state index in [1.807, 2.05) is 6.92 Å². The van der Waals surface area contributed by atoms with Crippen molar-refractivity contribution in [2.24, 2.45) is 0 Å².